The van der Waals surface area contributed by atoms with E-state index in [1.807, 2.05) is 0 Å². The van der Waals surface area contributed by atoms with Gasteiger partial charge in [-0.25, -0.2) is 0 Å². The zero-order valence-electron chi connectivity index (χ0n) is 43.8. The lowest BCUT2D eigenvalue weighted by molar-refractivity contribution is -0.167. The molecule has 0 aliphatic carbocycles. The molecule has 6 nitrogen and oxygen atoms in total. The van der Waals surface area contributed by atoms with Crippen LogP contribution < -0.4 is 0 Å². The summed E-state index contributed by atoms with van der Waals surface area (Å²) in [6.45, 7) is 6.24. The van der Waals surface area contributed by atoms with Crippen LogP contribution in [-0.4, -0.2) is 37.2 Å². The molecule has 0 radical (unpaired) electrons. The van der Waals surface area contributed by atoms with Gasteiger partial charge in [-0.3, -0.25) is 14.4 Å². The number of hydrogen-bond donors (Lipinski definition) is 0. The molecule has 0 heterocycles. The van der Waals surface area contributed by atoms with Crippen molar-refractivity contribution in [1.29, 1.82) is 0 Å². The summed E-state index contributed by atoms with van der Waals surface area (Å²) in [7, 11) is 0. The molecule has 0 unspecified atom stereocenters. The second kappa shape index (κ2) is 55.6. The largest absolute Gasteiger partial charge is 0.462 e. The first-order valence-corrected chi connectivity index (χ1v) is 27.0. The summed E-state index contributed by atoms with van der Waals surface area (Å²) in [5.74, 6) is -1.08. The molecule has 0 saturated carbocycles. The van der Waals surface area contributed by atoms with Crippen molar-refractivity contribution in [2.45, 2.75) is 207 Å². The molecule has 69 heavy (non-hydrogen) atoms. The Kier molecular flexibility index (Phi) is 51.6. The van der Waals surface area contributed by atoms with Crippen LogP contribution in [0.3, 0.4) is 0 Å². The predicted molar refractivity (Wildman–Crippen MR) is 297 cm³/mol. The zero-order valence-corrected chi connectivity index (χ0v) is 43.8. The first kappa shape index (κ1) is 64.0. The Morgan fingerprint density at radius 3 is 0.942 bits per heavy atom. The molecule has 384 valence electrons. The molecule has 0 aromatic carbocycles. The SMILES string of the molecule is CC/C=C\C/C=C\C/C=C\C/C=C\C/C=C\CCCCCC(=O)OC[C@H](COC(=O)CCC/C=C\C/C=C\C/C=C\C/C=C\C/C=C\CC)OC(=O)CCCC/C=C\C/C=C\C/C=C\CCCCC. The Hall–Kier alpha value is -4.97. The third-order valence-corrected chi connectivity index (χ3v) is 10.5. The molecule has 0 saturated heterocycles. The zero-order chi connectivity index (χ0) is 50.0. The van der Waals surface area contributed by atoms with Gasteiger partial charge in [0.1, 0.15) is 13.2 Å². The Morgan fingerprint density at radius 2 is 0.580 bits per heavy atom. The van der Waals surface area contributed by atoms with Crippen molar-refractivity contribution < 1.29 is 28.6 Å². The van der Waals surface area contributed by atoms with Crippen LogP contribution in [0.1, 0.15) is 201 Å². The highest BCUT2D eigenvalue weighted by Gasteiger charge is 2.19. The van der Waals surface area contributed by atoms with Gasteiger partial charge in [0.05, 0.1) is 0 Å². The summed E-state index contributed by atoms with van der Waals surface area (Å²) >= 11 is 0. The maximum absolute atomic E-state index is 12.8. The summed E-state index contributed by atoms with van der Waals surface area (Å²) in [4.78, 5) is 38.1. The van der Waals surface area contributed by atoms with Gasteiger partial charge in [-0.05, 0) is 141 Å². The molecular formula is C63H96O6. The highest BCUT2D eigenvalue weighted by molar-refractivity contribution is 5.71. The molecule has 0 spiro atoms. The van der Waals surface area contributed by atoms with Crippen LogP contribution in [-0.2, 0) is 28.6 Å². The fourth-order valence-electron chi connectivity index (χ4n) is 6.51. The maximum atomic E-state index is 12.8. The van der Waals surface area contributed by atoms with E-state index in [4.69, 9.17) is 14.2 Å². The van der Waals surface area contributed by atoms with E-state index in [2.05, 4.69) is 179 Å². The number of carbonyl (C=O) groups excluding carboxylic acids is 3. The molecule has 0 aromatic heterocycles. The number of ether oxygens (including phenoxy) is 3. The van der Waals surface area contributed by atoms with E-state index in [-0.39, 0.29) is 44.0 Å². The fourth-order valence-corrected chi connectivity index (χ4v) is 6.51. The van der Waals surface area contributed by atoms with Crippen molar-refractivity contribution in [2.75, 3.05) is 13.2 Å². The smallest absolute Gasteiger partial charge is 0.306 e. The van der Waals surface area contributed by atoms with Crippen LogP contribution >= 0.6 is 0 Å². The number of allylic oxidation sites excluding steroid dienone is 26. The van der Waals surface area contributed by atoms with Crippen molar-refractivity contribution in [3.63, 3.8) is 0 Å². The second-order valence-corrected chi connectivity index (χ2v) is 17.0. The van der Waals surface area contributed by atoms with Gasteiger partial charge in [-0.15, -0.1) is 0 Å². The van der Waals surface area contributed by atoms with E-state index in [0.29, 0.717) is 19.3 Å². The van der Waals surface area contributed by atoms with Crippen LogP contribution in [0.5, 0.6) is 0 Å². The Labute approximate surface area is 422 Å². The van der Waals surface area contributed by atoms with E-state index in [1.165, 1.54) is 25.7 Å². The lowest BCUT2D eigenvalue weighted by Gasteiger charge is -2.18. The number of hydrogen-bond acceptors (Lipinski definition) is 6. The van der Waals surface area contributed by atoms with Crippen LogP contribution in [0.2, 0.25) is 0 Å². The van der Waals surface area contributed by atoms with Gasteiger partial charge in [0.2, 0.25) is 0 Å². The Morgan fingerprint density at radius 1 is 0.304 bits per heavy atom. The second-order valence-electron chi connectivity index (χ2n) is 17.0. The summed E-state index contributed by atoms with van der Waals surface area (Å²) < 4.78 is 16.7. The van der Waals surface area contributed by atoms with Crippen molar-refractivity contribution in [1.82, 2.24) is 0 Å². The molecule has 6 heteroatoms. The third kappa shape index (κ3) is 53.8. The minimum absolute atomic E-state index is 0.136. The maximum Gasteiger partial charge on any atom is 0.306 e. The van der Waals surface area contributed by atoms with Crippen LogP contribution in [0.25, 0.3) is 0 Å². The molecule has 0 amide bonds. The average Bonchev–Trinajstić information content (AvgIpc) is 3.35. The molecule has 0 fully saturated rings. The minimum atomic E-state index is -0.843. The summed E-state index contributed by atoms with van der Waals surface area (Å²) in [6, 6.07) is 0. The van der Waals surface area contributed by atoms with E-state index in [9.17, 15) is 14.4 Å². The van der Waals surface area contributed by atoms with Gasteiger partial charge in [-0.2, -0.15) is 0 Å². The van der Waals surface area contributed by atoms with Crippen molar-refractivity contribution in [3.8, 4) is 0 Å². The van der Waals surface area contributed by atoms with Crippen LogP contribution in [0.15, 0.2) is 158 Å². The van der Waals surface area contributed by atoms with Gasteiger partial charge in [0.25, 0.3) is 0 Å². The molecule has 0 aliphatic heterocycles. The summed E-state index contributed by atoms with van der Waals surface area (Å²) in [5, 5.41) is 0. The normalized spacial score (nSPS) is 13.4. The predicted octanol–water partition coefficient (Wildman–Crippen LogP) is 18.2. The molecule has 0 aromatic rings. The Bertz CT molecular complexity index is 1610. The van der Waals surface area contributed by atoms with Crippen molar-refractivity contribution in [3.05, 3.63) is 158 Å². The molecule has 0 bridgehead atoms. The van der Waals surface area contributed by atoms with E-state index in [1.54, 1.807) is 0 Å². The van der Waals surface area contributed by atoms with Crippen LogP contribution in [0, 0.1) is 0 Å². The first-order chi connectivity index (χ1) is 34.0. The van der Waals surface area contributed by atoms with E-state index in [0.717, 1.165) is 122 Å². The van der Waals surface area contributed by atoms with Gasteiger partial charge >= 0.3 is 17.9 Å². The van der Waals surface area contributed by atoms with Gasteiger partial charge in [0, 0.05) is 19.3 Å². The lowest BCUT2D eigenvalue weighted by Crippen LogP contribution is -2.30. The molecule has 0 N–H and O–H groups in total. The standard InChI is InChI=1S/C63H96O6/c1-4-7-10-13-16-19-22-25-28-30-31-33-36-38-41-44-47-50-53-56-62(65)68-59-60(69-63(66)57-54-51-48-45-42-39-34-27-24-21-18-15-12-9-6-3)58-67-61(64)55-52-49-46-43-40-37-35-32-29-26-23-20-17-14-11-8-5-2/h7-8,10-11,16-21,25-29,31,33-35,37-38,41-43,45-46,60H,4-6,9,12-15,22-24,30,32,36,39-40,44,47-59H2,1-3H3/b10-7-,11-8-,19-16-,20-17-,21-18-,28-25-,29-26-,33-31-,34-27-,37-35-,41-38-,45-42-,46-43-/t60-/m0/s1. The molecule has 0 rings (SSSR count). The third-order valence-electron chi connectivity index (χ3n) is 10.5. The number of unbranched alkanes of at least 4 members (excludes halogenated alkanes) is 9. The topological polar surface area (TPSA) is 78.9 Å². The molecular weight excluding hydrogens is 853 g/mol. The van der Waals surface area contributed by atoms with Crippen molar-refractivity contribution >= 4 is 17.9 Å². The average molecular weight is 949 g/mol. The van der Waals surface area contributed by atoms with Gasteiger partial charge in [0.15, 0.2) is 6.10 Å². The molecule has 0 aliphatic rings. The quantitative estimate of drug-likeness (QED) is 0.0262. The highest BCUT2D eigenvalue weighted by atomic mass is 16.6. The van der Waals surface area contributed by atoms with Crippen molar-refractivity contribution in [2.24, 2.45) is 0 Å². The molecule has 1 atom stereocenters. The monoisotopic (exact) mass is 949 g/mol. The summed E-state index contributed by atoms with van der Waals surface area (Å²) in [5.41, 5.74) is 0. The van der Waals surface area contributed by atoms with Gasteiger partial charge < -0.3 is 14.2 Å². The number of rotatable bonds is 46. The lowest BCUT2D eigenvalue weighted by atomic mass is 10.1. The number of esters is 3. The highest BCUT2D eigenvalue weighted by Crippen LogP contribution is 2.10. The van der Waals surface area contributed by atoms with Gasteiger partial charge in [-0.1, -0.05) is 198 Å². The first-order valence-electron chi connectivity index (χ1n) is 27.0. The fraction of sp³-hybridized carbons (Fsp3) is 0.540. The summed E-state index contributed by atoms with van der Waals surface area (Å²) in [6.07, 6.45) is 80.9. The van der Waals surface area contributed by atoms with E-state index >= 15 is 0 Å². The van der Waals surface area contributed by atoms with E-state index < -0.39 is 6.10 Å². The number of carbonyl (C=O) groups is 3. The Balaban J connectivity index is 4.63. The minimum Gasteiger partial charge on any atom is -0.462 e. The van der Waals surface area contributed by atoms with Crippen LogP contribution in [0.4, 0.5) is 0 Å².